The smallest absolute Gasteiger partial charge is 0.0893 e. The molecule has 0 amide bonds. The third-order valence-electron chi connectivity index (χ3n) is 2.94. The minimum absolute atomic E-state index is 0.953. The molecule has 0 aliphatic rings. The molecule has 90 valence electrons. The van der Waals surface area contributed by atoms with Gasteiger partial charge in [0.25, 0.3) is 0 Å². The molecular formula is C14H17BrN2. The van der Waals surface area contributed by atoms with E-state index >= 15 is 0 Å². The predicted octanol–water partition coefficient (Wildman–Crippen LogP) is 3.69. The number of halogens is 1. The van der Waals surface area contributed by atoms with Crippen LogP contribution < -0.4 is 0 Å². The fourth-order valence-corrected chi connectivity index (χ4v) is 2.46. The van der Waals surface area contributed by atoms with Gasteiger partial charge in [-0.3, -0.25) is 0 Å². The van der Waals surface area contributed by atoms with Crippen molar-refractivity contribution < 1.29 is 0 Å². The Morgan fingerprint density at radius 2 is 1.65 bits per heavy atom. The van der Waals surface area contributed by atoms with Gasteiger partial charge < -0.3 is 0 Å². The number of fused-ring (bicyclic) bond motifs is 1. The van der Waals surface area contributed by atoms with Crippen LogP contribution in [0.4, 0.5) is 0 Å². The zero-order valence-corrected chi connectivity index (χ0v) is 11.9. The third-order valence-corrected chi connectivity index (χ3v) is 3.33. The SMILES string of the molecule is CCc1nc2ccc(CCBr)cc2nc1CC. The van der Waals surface area contributed by atoms with Gasteiger partial charge in [-0.15, -0.1) is 0 Å². The van der Waals surface area contributed by atoms with Gasteiger partial charge in [0.1, 0.15) is 0 Å². The van der Waals surface area contributed by atoms with Crippen LogP contribution in [-0.4, -0.2) is 15.3 Å². The fraction of sp³-hybridized carbons (Fsp3) is 0.429. The van der Waals surface area contributed by atoms with E-state index in [2.05, 4.69) is 48.0 Å². The number of benzene rings is 1. The Kier molecular flexibility index (Phi) is 4.11. The lowest BCUT2D eigenvalue weighted by atomic mass is 10.1. The van der Waals surface area contributed by atoms with E-state index < -0.39 is 0 Å². The molecule has 3 heteroatoms. The van der Waals surface area contributed by atoms with Crippen LogP contribution in [0.1, 0.15) is 30.8 Å². The van der Waals surface area contributed by atoms with Gasteiger partial charge in [0.05, 0.1) is 22.4 Å². The van der Waals surface area contributed by atoms with Crippen molar-refractivity contribution in [3.63, 3.8) is 0 Å². The second-order valence-electron chi connectivity index (χ2n) is 4.09. The summed E-state index contributed by atoms with van der Waals surface area (Å²) in [6.45, 7) is 4.27. The molecule has 2 aromatic rings. The summed E-state index contributed by atoms with van der Waals surface area (Å²) in [5.41, 5.74) is 5.62. The molecule has 2 nitrogen and oxygen atoms in total. The van der Waals surface area contributed by atoms with Crippen LogP contribution in [0.3, 0.4) is 0 Å². The minimum atomic E-state index is 0.953. The predicted molar refractivity (Wildman–Crippen MR) is 75.8 cm³/mol. The van der Waals surface area contributed by atoms with Crippen molar-refractivity contribution in [2.75, 3.05) is 5.33 Å². The highest BCUT2D eigenvalue weighted by Gasteiger charge is 2.06. The number of nitrogens with zero attached hydrogens (tertiary/aromatic N) is 2. The lowest BCUT2D eigenvalue weighted by Gasteiger charge is -2.07. The van der Waals surface area contributed by atoms with E-state index in [0.29, 0.717) is 0 Å². The van der Waals surface area contributed by atoms with Crippen LogP contribution in [0.25, 0.3) is 11.0 Å². The molecule has 0 fully saturated rings. The normalized spacial score (nSPS) is 11.0. The second-order valence-corrected chi connectivity index (χ2v) is 4.88. The van der Waals surface area contributed by atoms with E-state index in [0.717, 1.165) is 47.0 Å². The first-order valence-corrected chi connectivity index (χ1v) is 7.25. The molecule has 0 N–H and O–H groups in total. The molecule has 1 aromatic carbocycles. The minimum Gasteiger partial charge on any atom is -0.249 e. The largest absolute Gasteiger partial charge is 0.249 e. The number of aromatic nitrogens is 2. The third kappa shape index (κ3) is 2.65. The maximum Gasteiger partial charge on any atom is 0.0893 e. The molecule has 0 spiro atoms. The first-order valence-electron chi connectivity index (χ1n) is 6.12. The molecule has 0 aliphatic carbocycles. The van der Waals surface area contributed by atoms with Crippen molar-refractivity contribution in [2.24, 2.45) is 0 Å². The standard InChI is InChI=1S/C14H17BrN2/c1-3-11-12(4-2)17-14-9-10(7-8-15)5-6-13(14)16-11/h5-6,9H,3-4,7-8H2,1-2H3. The number of rotatable bonds is 4. The van der Waals surface area contributed by atoms with Crippen LogP contribution in [0, 0.1) is 0 Å². The Hall–Kier alpha value is -0.960. The van der Waals surface area contributed by atoms with E-state index in [1.54, 1.807) is 0 Å². The summed E-state index contributed by atoms with van der Waals surface area (Å²) in [6.07, 6.45) is 2.94. The molecule has 0 atom stereocenters. The Labute approximate surface area is 111 Å². The van der Waals surface area contributed by atoms with E-state index in [1.165, 1.54) is 5.56 Å². The van der Waals surface area contributed by atoms with Crippen LogP contribution in [-0.2, 0) is 19.3 Å². The second kappa shape index (κ2) is 5.58. The Bertz CT molecular complexity index is 523. The van der Waals surface area contributed by atoms with Crippen LogP contribution >= 0.6 is 15.9 Å². The lowest BCUT2D eigenvalue weighted by Crippen LogP contribution is -2.00. The van der Waals surface area contributed by atoms with Crippen molar-refractivity contribution in [2.45, 2.75) is 33.1 Å². The molecule has 0 bridgehead atoms. The molecule has 2 rings (SSSR count). The van der Waals surface area contributed by atoms with Crippen LogP contribution in [0.5, 0.6) is 0 Å². The molecule has 0 saturated carbocycles. The van der Waals surface area contributed by atoms with Crippen molar-refractivity contribution >= 4 is 27.0 Å². The average molecular weight is 293 g/mol. The van der Waals surface area contributed by atoms with Gasteiger partial charge in [-0.2, -0.15) is 0 Å². The molecular weight excluding hydrogens is 276 g/mol. The molecule has 0 aliphatic heterocycles. The van der Waals surface area contributed by atoms with Gasteiger partial charge in [0.2, 0.25) is 0 Å². The highest BCUT2D eigenvalue weighted by Crippen LogP contribution is 2.16. The number of hydrogen-bond donors (Lipinski definition) is 0. The summed E-state index contributed by atoms with van der Waals surface area (Å²) in [4.78, 5) is 9.42. The van der Waals surface area contributed by atoms with Gasteiger partial charge >= 0.3 is 0 Å². The highest BCUT2D eigenvalue weighted by atomic mass is 79.9. The lowest BCUT2D eigenvalue weighted by molar-refractivity contribution is 0.929. The Morgan fingerprint density at radius 3 is 2.24 bits per heavy atom. The number of aryl methyl sites for hydroxylation is 3. The van der Waals surface area contributed by atoms with Crippen molar-refractivity contribution in [3.05, 3.63) is 35.2 Å². The van der Waals surface area contributed by atoms with E-state index in [-0.39, 0.29) is 0 Å². The summed E-state index contributed by atoms with van der Waals surface area (Å²) >= 11 is 3.47. The topological polar surface area (TPSA) is 25.8 Å². The van der Waals surface area contributed by atoms with E-state index in [1.807, 2.05) is 0 Å². The zero-order valence-electron chi connectivity index (χ0n) is 10.3. The molecule has 0 saturated heterocycles. The van der Waals surface area contributed by atoms with Gasteiger partial charge in [0, 0.05) is 5.33 Å². The first kappa shape index (κ1) is 12.5. The monoisotopic (exact) mass is 292 g/mol. The maximum atomic E-state index is 4.73. The van der Waals surface area contributed by atoms with Crippen LogP contribution in [0.15, 0.2) is 18.2 Å². The van der Waals surface area contributed by atoms with Gasteiger partial charge in [-0.25, -0.2) is 9.97 Å². The molecule has 0 radical (unpaired) electrons. The average Bonchev–Trinajstić information content (AvgIpc) is 2.37. The first-order chi connectivity index (χ1) is 8.28. The number of hydrogen-bond acceptors (Lipinski definition) is 2. The zero-order chi connectivity index (χ0) is 12.3. The van der Waals surface area contributed by atoms with Crippen molar-refractivity contribution in [1.82, 2.24) is 9.97 Å². The van der Waals surface area contributed by atoms with Crippen LogP contribution in [0.2, 0.25) is 0 Å². The van der Waals surface area contributed by atoms with Crippen molar-refractivity contribution in [1.29, 1.82) is 0 Å². The molecule has 17 heavy (non-hydrogen) atoms. The molecule has 1 heterocycles. The number of alkyl halides is 1. The molecule has 1 aromatic heterocycles. The fourth-order valence-electron chi connectivity index (χ4n) is 2.00. The van der Waals surface area contributed by atoms with Gasteiger partial charge in [0.15, 0.2) is 0 Å². The summed E-state index contributed by atoms with van der Waals surface area (Å²) in [6, 6.07) is 6.38. The summed E-state index contributed by atoms with van der Waals surface area (Å²) < 4.78 is 0. The van der Waals surface area contributed by atoms with E-state index in [4.69, 9.17) is 9.97 Å². The Morgan fingerprint density at radius 1 is 1.00 bits per heavy atom. The van der Waals surface area contributed by atoms with Gasteiger partial charge in [-0.1, -0.05) is 35.8 Å². The quantitative estimate of drug-likeness (QED) is 0.803. The summed E-state index contributed by atoms with van der Waals surface area (Å²) in [5.74, 6) is 0. The Balaban J connectivity index is 2.54. The highest BCUT2D eigenvalue weighted by molar-refractivity contribution is 9.09. The summed E-state index contributed by atoms with van der Waals surface area (Å²) in [7, 11) is 0. The van der Waals surface area contributed by atoms with Gasteiger partial charge in [-0.05, 0) is 37.0 Å². The van der Waals surface area contributed by atoms with Crippen molar-refractivity contribution in [3.8, 4) is 0 Å². The molecule has 0 unspecified atom stereocenters. The maximum absolute atomic E-state index is 4.73. The van der Waals surface area contributed by atoms with E-state index in [9.17, 15) is 0 Å². The summed E-state index contributed by atoms with van der Waals surface area (Å²) in [5, 5.41) is 0.986.